The van der Waals surface area contributed by atoms with E-state index in [4.69, 9.17) is 9.26 Å². The number of ether oxygens (including phenoxy) is 1. The summed E-state index contributed by atoms with van der Waals surface area (Å²) >= 11 is 0. The molecular formula is C22H25FN4O4S. The average molecular weight is 461 g/mol. The van der Waals surface area contributed by atoms with Gasteiger partial charge in [-0.05, 0) is 55.8 Å². The number of benzene rings is 2. The molecule has 3 aromatic rings. The summed E-state index contributed by atoms with van der Waals surface area (Å²) in [5.74, 6) is 0.776. The Bertz CT molecular complexity index is 1170. The number of halogens is 1. The number of hydrogen-bond donors (Lipinski definition) is 0. The fourth-order valence-electron chi connectivity index (χ4n) is 3.61. The molecule has 2 heterocycles. The van der Waals surface area contributed by atoms with E-state index >= 15 is 0 Å². The smallest absolute Gasteiger partial charge is 0.324 e. The molecule has 1 fully saturated rings. The van der Waals surface area contributed by atoms with E-state index in [-0.39, 0.29) is 10.7 Å². The maximum absolute atomic E-state index is 13.3. The zero-order valence-electron chi connectivity index (χ0n) is 18.2. The Morgan fingerprint density at radius 1 is 1.00 bits per heavy atom. The Morgan fingerprint density at radius 2 is 1.62 bits per heavy atom. The van der Waals surface area contributed by atoms with Gasteiger partial charge in [0.2, 0.25) is 10.0 Å². The molecule has 4 rings (SSSR count). The van der Waals surface area contributed by atoms with Gasteiger partial charge < -0.3 is 14.2 Å². The predicted molar refractivity (Wildman–Crippen MR) is 117 cm³/mol. The molecule has 0 aliphatic carbocycles. The number of piperazine rings is 1. The Morgan fingerprint density at radius 3 is 2.22 bits per heavy atom. The second-order valence-corrected chi connectivity index (χ2v) is 10.0. The maximum atomic E-state index is 13.3. The van der Waals surface area contributed by atoms with Crippen LogP contribution in [-0.4, -0.2) is 56.2 Å². The third-order valence-electron chi connectivity index (χ3n) is 5.75. The summed E-state index contributed by atoms with van der Waals surface area (Å²) in [5, 5.41) is 4.13. The molecule has 0 amide bonds. The minimum atomic E-state index is -3.60. The SMILES string of the molecule is COc1ccc(S(=O)(=O)N2CCN(c3nc(C(C)(C)c4ccc(F)cc4)no3)CC2)cc1. The van der Waals surface area contributed by atoms with Crippen molar-refractivity contribution in [1.82, 2.24) is 14.4 Å². The molecule has 0 radical (unpaired) electrons. The van der Waals surface area contributed by atoms with Gasteiger partial charge in [-0.3, -0.25) is 0 Å². The standard InChI is InChI=1S/C22H25FN4O4S/c1-22(2,16-4-6-17(23)7-5-16)20-24-21(31-25-20)26-12-14-27(15-13-26)32(28,29)19-10-8-18(30-3)9-11-19/h4-11H,12-15H2,1-3H3. The Hall–Kier alpha value is -2.98. The van der Waals surface area contributed by atoms with Crippen LogP contribution in [0.3, 0.4) is 0 Å². The van der Waals surface area contributed by atoms with E-state index < -0.39 is 15.4 Å². The number of aromatic nitrogens is 2. The molecule has 10 heteroatoms. The molecule has 0 spiro atoms. The number of sulfonamides is 1. The van der Waals surface area contributed by atoms with Gasteiger partial charge in [-0.1, -0.05) is 17.3 Å². The van der Waals surface area contributed by atoms with Crippen molar-refractivity contribution >= 4 is 16.0 Å². The fraction of sp³-hybridized carbons (Fsp3) is 0.364. The van der Waals surface area contributed by atoms with Crippen molar-refractivity contribution in [3.63, 3.8) is 0 Å². The lowest BCUT2D eigenvalue weighted by atomic mass is 9.84. The molecule has 8 nitrogen and oxygen atoms in total. The van der Waals surface area contributed by atoms with Gasteiger partial charge in [0.25, 0.3) is 0 Å². The molecule has 0 unspecified atom stereocenters. The molecule has 1 aromatic heterocycles. The third kappa shape index (κ3) is 4.20. The van der Waals surface area contributed by atoms with E-state index in [0.29, 0.717) is 43.8 Å². The minimum Gasteiger partial charge on any atom is -0.497 e. The van der Waals surface area contributed by atoms with Gasteiger partial charge in [0.15, 0.2) is 5.82 Å². The van der Waals surface area contributed by atoms with Gasteiger partial charge in [0.1, 0.15) is 11.6 Å². The second kappa shape index (κ2) is 8.51. The van der Waals surface area contributed by atoms with Crippen LogP contribution in [0, 0.1) is 5.82 Å². The first-order valence-electron chi connectivity index (χ1n) is 10.2. The van der Waals surface area contributed by atoms with Gasteiger partial charge in [-0.2, -0.15) is 9.29 Å². The largest absolute Gasteiger partial charge is 0.497 e. The van der Waals surface area contributed by atoms with Crippen molar-refractivity contribution in [3.05, 3.63) is 65.7 Å². The highest BCUT2D eigenvalue weighted by molar-refractivity contribution is 7.89. The first-order chi connectivity index (χ1) is 15.2. The highest BCUT2D eigenvalue weighted by Gasteiger charge is 2.33. The van der Waals surface area contributed by atoms with Crippen molar-refractivity contribution in [2.75, 3.05) is 38.2 Å². The van der Waals surface area contributed by atoms with E-state index in [1.54, 1.807) is 36.4 Å². The summed E-state index contributed by atoms with van der Waals surface area (Å²) in [6.45, 7) is 5.32. The molecule has 1 aliphatic heterocycles. The van der Waals surface area contributed by atoms with Crippen LogP contribution in [0.4, 0.5) is 10.4 Å². The first kappa shape index (κ1) is 22.2. The highest BCUT2D eigenvalue weighted by Crippen LogP contribution is 2.31. The van der Waals surface area contributed by atoms with Crippen LogP contribution in [0.25, 0.3) is 0 Å². The van der Waals surface area contributed by atoms with Gasteiger partial charge >= 0.3 is 6.01 Å². The van der Waals surface area contributed by atoms with Gasteiger partial charge in [0.05, 0.1) is 17.4 Å². The number of hydrogen-bond acceptors (Lipinski definition) is 7. The number of anilines is 1. The maximum Gasteiger partial charge on any atom is 0.324 e. The highest BCUT2D eigenvalue weighted by atomic mass is 32.2. The van der Waals surface area contributed by atoms with Crippen LogP contribution in [0.2, 0.25) is 0 Å². The molecule has 32 heavy (non-hydrogen) atoms. The lowest BCUT2D eigenvalue weighted by molar-refractivity contribution is 0.351. The molecule has 170 valence electrons. The van der Waals surface area contributed by atoms with Crippen LogP contribution < -0.4 is 9.64 Å². The van der Waals surface area contributed by atoms with Crippen molar-refractivity contribution in [2.45, 2.75) is 24.2 Å². The molecule has 1 saturated heterocycles. The lowest BCUT2D eigenvalue weighted by Crippen LogP contribution is -2.48. The summed E-state index contributed by atoms with van der Waals surface area (Å²) < 4.78 is 51.2. The zero-order chi connectivity index (χ0) is 22.9. The average Bonchev–Trinajstić information content (AvgIpc) is 3.31. The van der Waals surface area contributed by atoms with Crippen LogP contribution >= 0.6 is 0 Å². The predicted octanol–water partition coefficient (Wildman–Crippen LogP) is 3.05. The molecule has 2 aromatic carbocycles. The molecule has 0 saturated carbocycles. The second-order valence-electron chi connectivity index (χ2n) is 8.10. The number of methoxy groups -OCH3 is 1. The van der Waals surface area contributed by atoms with E-state index in [1.807, 2.05) is 18.7 Å². The van der Waals surface area contributed by atoms with Crippen molar-refractivity contribution < 1.29 is 22.1 Å². The van der Waals surface area contributed by atoms with Gasteiger partial charge in [-0.25, -0.2) is 12.8 Å². The quantitative estimate of drug-likeness (QED) is 0.559. The molecule has 0 bridgehead atoms. The van der Waals surface area contributed by atoms with Crippen molar-refractivity contribution in [3.8, 4) is 5.75 Å². The number of nitrogens with zero attached hydrogens (tertiary/aromatic N) is 4. The Balaban J connectivity index is 1.44. The summed E-state index contributed by atoms with van der Waals surface area (Å²) in [6, 6.07) is 12.9. The zero-order valence-corrected chi connectivity index (χ0v) is 19.0. The Kier molecular flexibility index (Phi) is 5.91. The topological polar surface area (TPSA) is 88.8 Å². The summed E-state index contributed by atoms with van der Waals surface area (Å²) in [5.41, 5.74) is 0.288. The minimum absolute atomic E-state index is 0.230. The van der Waals surface area contributed by atoms with Crippen molar-refractivity contribution in [1.29, 1.82) is 0 Å². The lowest BCUT2D eigenvalue weighted by Gasteiger charge is -2.32. The van der Waals surface area contributed by atoms with Crippen LogP contribution in [-0.2, 0) is 15.4 Å². The van der Waals surface area contributed by atoms with E-state index in [9.17, 15) is 12.8 Å². The third-order valence-corrected chi connectivity index (χ3v) is 7.66. The summed E-state index contributed by atoms with van der Waals surface area (Å²) in [6.07, 6.45) is 0. The van der Waals surface area contributed by atoms with Crippen LogP contribution in [0.15, 0.2) is 57.9 Å². The van der Waals surface area contributed by atoms with Crippen molar-refractivity contribution in [2.24, 2.45) is 0 Å². The normalized spacial score (nSPS) is 15.7. The molecule has 0 atom stereocenters. The van der Waals surface area contributed by atoms with Gasteiger partial charge in [0, 0.05) is 26.2 Å². The fourth-order valence-corrected chi connectivity index (χ4v) is 5.03. The first-order valence-corrected chi connectivity index (χ1v) is 11.7. The van der Waals surface area contributed by atoms with E-state index in [2.05, 4.69) is 10.1 Å². The van der Waals surface area contributed by atoms with Gasteiger partial charge in [-0.15, -0.1) is 0 Å². The molecular weight excluding hydrogens is 435 g/mol. The van der Waals surface area contributed by atoms with Crippen LogP contribution in [0.1, 0.15) is 25.2 Å². The summed E-state index contributed by atoms with van der Waals surface area (Å²) in [7, 11) is -2.06. The number of rotatable bonds is 6. The molecule has 0 N–H and O–H groups in total. The van der Waals surface area contributed by atoms with E-state index in [0.717, 1.165) is 5.56 Å². The monoisotopic (exact) mass is 460 g/mol. The molecule has 1 aliphatic rings. The Labute approximate surface area is 186 Å². The summed E-state index contributed by atoms with van der Waals surface area (Å²) in [4.78, 5) is 6.64. The van der Waals surface area contributed by atoms with Crippen LogP contribution in [0.5, 0.6) is 5.75 Å². The van der Waals surface area contributed by atoms with E-state index in [1.165, 1.54) is 23.5 Å².